The topological polar surface area (TPSA) is 66.9 Å². The van der Waals surface area contributed by atoms with E-state index in [-0.39, 0.29) is 22.9 Å². The van der Waals surface area contributed by atoms with Crippen molar-refractivity contribution in [3.05, 3.63) is 47.8 Å². The average Bonchev–Trinajstić information content (AvgIpc) is 2.45. The summed E-state index contributed by atoms with van der Waals surface area (Å²) in [6, 6.07) is 6.10. The summed E-state index contributed by atoms with van der Waals surface area (Å²) in [5, 5.41) is 5.24. The van der Waals surface area contributed by atoms with Gasteiger partial charge in [-0.05, 0) is 39.0 Å². The molecule has 0 atom stereocenters. The maximum atomic E-state index is 13.0. The van der Waals surface area contributed by atoms with Gasteiger partial charge >= 0.3 is 6.18 Å². The first-order valence-electron chi connectivity index (χ1n) is 7.15. The van der Waals surface area contributed by atoms with Crippen LogP contribution in [0.5, 0.6) is 0 Å². The average molecular weight is 338 g/mol. The fraction of sp³-hybridized carbons (Fsp3) is 0.312. The van der Waals surface area contributed by atoms with Crippen LogP contribution in [-0.2, 0) is 6.18 Å². The molecule has 0 saturated carbocycles. The van der Waals surface area contributed by atoms with Crippen LogP contribution in [0.1, 0.15) is 36.8 Å². The van der Waals surface area contributed by atoms with Crippen LogP contribution in [0.2, 0.25) is 0 Å². The summed E-state index contributed by atoms with van der Waals surface area (Å²) < 4.78 is 38.9. The maximum absolute atomic E-state index is 13.0. The summed E-state index contributed by atoms with van der Waals surface area (Å²) in [5.74, 6) is -0.523. The Morgan fingerprint density at radius 2 is 1.75 bits per heavy atom. The van der Waals surface area contributed by atoms with E-state index in [9.17, 15) is 18.0 Å². The molecule has 0 radical (unpaired) electrons. The summed E-state index contributed by atoms with van der Waals surface area (Å²) in [6.07, 6.45) is -3.19. The summed E-state index contributed by atoms with van der Waals surface area (Å²) >= 11 is 0. The highest BCUT2D eigenvalue weighted by atomic mass is 19.4. The molecule has 0 spiro atoms. The number of hydrogen-bond donors (Lipinski definition) is 2. The number of alkyl halides is 3. The predicted octanol–water partition coefficient (Wildman–Crippen LogP) is 3.96. The zero-order valence-corrected chi connectivity index (χ0v) is 13.4. The second-order valence-electron chi connectivity index (χ2n) is 6.14. The normalized spacial score (nSPS) is 11.9. The lowest BCUT2D eigenvalue weighted by Crippen LogP contribution is -2.28. The molecule has 2 N–H and O–H groups in total. The number of nitrogens with one attached hydrogen (secondary N) is 2. The third kappa shape index (κ3) is 4.68. The van der Waals surface area contributed by atoms with Gasteiger partial charge in [0, 0.05) is 11.7 Å². The third-order valence-electron chi connectivity index (χ3n) is 2.86. The molecule has 1 aromatic carbocycles. The van der Waals surface area contributed by atoms with Crippen LogP contribution >= 0.6 is 0 Å². The number of rotatable bonds is 3. The van der Waals surface area contributed by atoms with Gasteiger partial charge < -0.3 is 10.6 Å². The number of benzene rings is 1. The first kappa shape index (κ1) is 17.7. The lowest BCUT2D eigenvalue weighted by atomic mass is 10.1. The molecule has 1 aromatic heterocycles. The summed E-state index contributed by atoms with van der Waals surface area (Å²) in [7, 11) is 0. The molecule has 0 aliphatic heterocycles. The molecule has 0 bridgehead atoms. The van der Waals surface area contributed by atoms with Crippen molar-refractivity contribution in [3.8, 4) is 0 Å². The molecule has 0 aliphatic carbocycles. The van der Waals surface area contributed by atoms with E-state index >= 15 is 0 Å². The molecule has 128 valence electrons. The molecular formula is C16H17F3N4O. The van der Waals surface area contributed by atoms with Gasteiger partial charge in [0.2, 0.25) is 5.95 Å². The smallest absolute Gasteiger partial charge is 0.350 e. The van der Waals surface area contributed by atoms with E-state index < -0.39 is 17.6 Å². The molecule has 0 unspecified atom stereocenters. The lowest BCUT2D eigenvalue weighted by molar-refractivity contribution is -0.136. The Hall–Kier alpha value is -2.64. The largest absolute Gasteiger partial charge is 0.418 e. The second kappa shape index (κ2) is 6.46. The minimum absolute atomic E-state index is 0.0336. The highest BCUT2D eigenvalue weighted by Gasteiger charge is 2.33. The molecule has 2 aromatic rings. The number of carbonyl (C=O) groups excluding carboxylic acids is 1. The van der Waals surface area contributed by atoms with Crippen molar-refractivity contribution in [2.24, 2.45) is 0 Å². The number of halogens is 3. The molecule has 5 nitrogen and oxygen atoms in total. The number of amides is 1. The van der Waals surface area contributed by atoms with Gasteiger partial charge in [0.15, 0.2) is 0 Å². The van der Waals surface area contributed by atoms with Gasteiger partial charge in [-0.15, -0.1) is 0 Å². The first-order valence-corrected chi connectivity index (χ1v) is 7.15. The van der Waals surface area contributed by atoms with E-state index in [2.05, 4.69) is 20.6 Å². The number of hydrogen-bond acceptors (Lipinski definition) is 4. The summed E-state index contributed by atoms with van der Waals surface area (Å²) in [4.78, 5) is 20.2. The Labute approximate surface area is 137 Å². The minimum Gasteiger partial charge on any atom is -0.350 e. The van der Waals surface area contributed by atoms with E-state index in [1.165, 1.54) is 30.5 Å². The number of aromatic nitrogens is 2. The van der Waals surface area contributed by atoms with Crippen LogP contribution in [-0.4, -0.2) is 21.4 Å². The van der Waals surface area contributed by atoms with E-state index in [0.29, 0.717) is 0 Å². The van der Waals surface area contributed by atoms with E-state index in [1.54, 1.807) is 0 Å². The fourth-order valence-corrected chi connectivity index (χ4v) is 1.91. The van der Waals surface area contributed by atoms with Gasteiger partial charge in [-0.25, -0.2) is 9.97 Å². The van der Waals surface area contributed by atoms with Crippen molar-refractivity contribution in [3.63, 3.8) is 0 Å². The molecular weight excluding hydrogens is 321 g/mol. The number of para-hydroxylation sites is 1. The highest BCUT2D eigenvalue weighted by molar-refractivity contribution is 6.03. The summed E-state index contributed by atoms with van der Waals surface area (Å²) in [6.45, 7) is 5.67. The Balaban J connectivity index is 2.24. The lowest BCUT2D eigenvalue weighted by Gasteiger charge is -2.20. The Morgan fingerprint density at radius 1 is 1.08 bits per heavy atom. The third-order valence-corrected chi connectivity index (χ3v) is 2.86. The van der Waals surface area contributed by atoms with E-state index in [1.807, 2.05) is 20.8 Å². The van der Waals surface area contributed by atoms with Crippen molar-refractivity contribution in [2.45, 2.75) is 32.5 Å². The maximum Gasteiger partial charge on any atom is 0.418 e. The highest BCUT2D eigenvalue weighted by Crippen LogP contribution is 2.34. The van der Waals surface area contributed by atoms with Crippen LogP contribution in [0.4, 0.5) is 24.8 Å². The van der Waals surface area contributed by atoms with Crippen molar-refractivity contribution in [2.75, 3.05) is 10.6 Å². The zero-order chi connectivity index (χ0) is 18.0. The van der Waals surface area contributed by atoms with Crippen molar-refractivity contribution in [1.29, 1.82) is 0 Å². The molecule has 0 fully saturated rings. The number of anilines is 2. The van der Waals surface area contributed by atoms with Gasteiger partial charge in [0.25, 0.3) is 5.91 Å². The Kier molecular flexibility index (Phi) is 4.77. The van der Waals surface area contributed by atoms with E-state index in [4.69, 9.17) is 0 Å². The molecule has 1 heterocycles. The molecule has 1 amide bonds. The Bertz CT molecular complexity index is 739. The SMILES string of the molecule is CC(C)(C)Nc1nccc(C(=O)Nc2ccccc2C(F)(F)F)n1. The molecule has 24 heavy (non-hydrogen) atoms. The number of nitrogens with zero attached hydrogens (tertiary/aromatic N) is 2. The minimum atomic E-state index is -4.56. The van der Waals surface area contributed by atoms with Crippen LogP contribution in [0.25, 0.3) is 0 Å². The van der Waals surface area contributed by atoms with Crippen LogP contribution in [0.15, 0.2) is 36.5 Å². The molecule has 2 rings (SSSR count). The second-order valence-corrected chi connectivity index (χ2v) is 6.14. The van der Waals surface area contributed by atoms with Gasteiger partial charge in [0.1, 0.15) is 5.69 Å². The molecule has 8 heteroatoms. The van der Waals surface area contributed by atoms with Gasteiger partial charge in [-0.2, -0.15) is 13.2 Å². The molecule has 0 saturated heterocycles. The van der Waals surface area contributed by atoms with Gasteiger partial charge in [0.05, 0.1) is 11.3 Å². The van der Waals surface area contributed by atoms with Gasteiger partial charge in [-0.3, -0.25) is 4.79 Å². The van der Waals surface area contributed by atoms with E-state index in [0.717, 1.165) is 6.07 Å². The van der Waals surface area contributed by atoms with Crippen molar-refractivity contribution in [1.82, 2.24) is 9.97 Å². The van der Waals surface area contributed by atoms with Crippen molar-refractivity contribution >= 4 is 17.5 Å². The predicted molar refractivity (Wildman–Crippen MR) is 84.8 cm³/mol. The first-order chi connectivity index (χ1) is 11.1. The standard InChI is InChI=1S/C16H17F3N4O/c1-15(2,3)23-14-20-9-8-12(22-14)13(24)21-11-7-5-4-6-10(11)16(17,18)19/h4-9H,1-3H3,(H,21,24)(H,20,22,23). The zero-order valence-electron chi connectivity index (χ0n) is 13.4. The van der Waals surface area contributed by atoms with Crippen LogP contribution in [0, 0.1) is 0 Å². The van der Waals surface area contributed by atoms with Crippen LogP contribution < -0.4 is 10.6 Å². The molecule has 0 aliphatic rings. The van der Waals surface area contributed by atoms with Gasteiger partial charge in [-0.1, -0.05) is 12.1 Å². The quantitative estimate of drug-likeness (QED) is 0.889. The van der Waals surface area contributed by atoms with Crippen molar-refractivity contribution < 1.29 is 18.0 Å². The monoisotopic (exact) mass is 338 g/mol. The Morgan fingerprint density at radius 3 is 2.38 bits per heavy atom. The fourth-order valence-electron chi connectivity index (χ4n) is 1.91. The summed E-state index contributed by atoms with van der Waals surface area (Å²) in [5.41, 5.74) is -1.59. The van der Waals surface area contributed by atoms with Crippen LogP contribution in [0.3, 0.4) is 0 Å². The number of carbonyl (C=O) groups is 1.